The van der Waals surface area contributed by atoms with Gasteiger partial charge in [-0.1, -0.05) is 6.92 Å². The second-order valence-electron chi connectivity index (χ2n) is 3.88. The lowest BCUT2D eigenvalue weighted by molar-refractivity contribution is -0.0153. The van der Waals surface area contributed by atoms with Crippen LogP contribution in [0.2, 0.25) is 0 Å². The molecule has 1 rings (SSSR count). The summed E-state index contributed by atoms with van der Waals surface area (Å²) < 4.78 is 0. The molecule has 0 spiro atoms. The number of β-amino-alcohol motifs (C(OH)–C–C–N with tert-alkyl or cyclic N) is 1. The molecule has 1 atom stereocenters. The fraction of sp³-hybridized carbons (Fsp3) is 1.00. The second kappa shape index (κ2) is 3.55. The highest BCUT2D eigenvalue weighted by Crippen LogP contribution is 2.19. The molecular formula is C9H19NO. The lowest BCUT2D eigenvalue weighted by atomic mass is 9.95. The van der Waals surface area contributed by atoms with Crippen molar-refractivity contribution >= 4 is 0 Å². The summed E-state index contributed by atoms with van der Waals surface area (Å²) in [6, 6.07) is 0. The van der Waals surface area contributed by atoms with E-state index in [1.165, 1.54) is 13.0 Å². The Morgan fingerprint density at radius 2 is 2.27 bits per heavy atom. The third-order valence-corrected chi connectivity index (χ3v) is 2.29. The molecule has 1 N–H and O–H groups in total. The lowest BCUT2D eigenvalue weighted by Crippen LogP contribution is -2.46. The number of hydrogen-bond acceptors (Lipinski definition) is 2. The Morgan fingerprint density at radius 1 is 1.55 bits per heavy atom. The zero-order valence-corrected chi connectivity index (χ0v) is 7.64. The van der Waals surface area contributed by atoms with Gasteiger partial charge in [0.15, 0.2) is 0 Å². The molecule has 1 saturated heterocycles. The quantitative estimate of drug-likeness (QED) is 0.652. The molecule has 0 amide bonds. The van der Waals surface area contributed by atoms with Crippen LogP contribution >= 0.6 is 0 Å². The van der Waals surface area contributed by atoms with Crippen molar-refractivity contribution in [3.05, 3.63) is 0 Å². The van der Waals surface area contributed by atoms with E-state index in [1.807, 2.05) is 6.92 Å². The molecule has 0 aromatic rings. The van der Waals surface area contributed by atoms with Gasteiger partial charge in [0, 0.05) is 6.54 Å². The maximum atomic E-state index is 9.73. The van der Waals surface area contributed by atoms with Crippen LogP contribution in [0.4, 0.5) is 0 Å². The number of rotatable bonds is 2. The predicted molar refractivity (Wildman–Crippen MR) is 46.6 cm³/mol. The van der Waals surface area contributed by atoms with E-state index in [2.05, 4.69) is 11.8 Å². The molecule has 0 bridgehead atoms. The van der Waals surface area contributed by atoms with E-state index >= 15 is 0 Å². The maximum Gasteiger partial charge on any atom is 0.0746 e. The highest BCUT2D eigenvalue weighted by Gasteiger charge is 2.27. The summed E-state index contributed by atoms with van der Waals surface area (Å²) in [5.74, 6) is 0. The minimum atomic E-state index is -0.423. The molecule has 1 aliphatic rings. The van der Waals surface area contributed by atoms with Crippen LogP contribution in [0, 0.1) is 0 Å². The highest BCUT2D eigenvalue weighted by molar-refractivity contribution is 4.82. The number of aliphatic hydroxyl groups is 1. The van der Waals surface area contributed by atoms with E-state index in [9.17, 15) is 5.11 Å². The van der Waals surface area contributed by atoms with E-state index in [0.29, 0.717) is 0 Å². The average molecular weight is 157 g/mol. The van der Waals surface area contributed by atoms with Crippen LogP contribution in [0.1, 0.15) is 33.1 Å². The van der Waals surface area contributed by atoms with Gasteiger partial charge < -0.3 is 10.0 Å². The van der Waals surface area contributed by atoms with Gasteiger partial charge in [0.05, 0.1) is 5.60 Å². The lowest BCUT2D eigenvalue weighted by Gasteiger charge is -2.36. The van der Waals surface area contributed by atoms with Crippen molar-refractivity contribution in [2.75, 3.05) is 19.6 Å². The van der Waals surface area contributed by atoms with E-state index < -0.39 is 5.60 Å². The average Bonchev–Trinajstić information content (AvgIpc) is 1.85. The molecular weight excluding hydrogens is 138 g/mol. The van der Waals surface area contributed by atoms with Gasteiger partial charge in [-0.15, -0.1) is 0 Å². The topological polar surface area (TPSA) is 23.5 Å². The Bertz CT molecular complexity index is 121. The van der Waals surface area contributed by atoms with Gasteiger partial charge >= 0.3 is 0 Å². The van der Waals surface area contributed by atoms with Crippen LogP contribution in [0.3, 0.4) is 0 Å². The molecule has 0 unspecified atom stereocenters. The first-order chi connectivity index (χ1) is 5.14. The molecule has 0 aliphatic carbocycles. The summed E-state index contributed by atoms with van der Waals surface area (Å²) in [5, 5.41) is 9.73. The molecule has 2 nitrogen and oxygen atoms in total. The highest BCUT2D eigenvalue weighted by atomic mass is 16.3. The molecule has 0 aromatic heterocycles. The van der Waals surface area contributed by atoms with Crippen LogP contribution < -0.4 is 0 Å². The summed E-state index contributed by atoms with van der Waals surface area (Å²) >= 11 is 0. The summed E-state index contributed by atoms with van der Waals surface area (Å²) in [5.41, 5.74) is -0.423. The molecule has 2 heteroatoms. The Kier molecular flexibility index (Phi) is 2.90. The first-order valence-corrected chi connectivity index (χ1v) is 4.59. The molecule has 1 heterocycles. The van der Waals surface area contributed by atoms with Gasteiger partial charge in [-0.3, -0.25) is 0 Å². The number of piperidine rings is 1. The van der Waals surface area contributed by atoms with Crippen LogP contribution in [0.15, 0.2) is 0 Å². The minimum Gasteiger partial charge on any atom is -0.389 e. The number of nitrogens with zero attached hydrogens (tertiary/aromatic N) is 1. The van der Waals surface area contributed by atoms with Gasteiger partial charge in [0.1, 0.15) is 0 Å². The summed E-state index contributed by atoms with van der Waals surface area (Å²) in [7, 11) is 0. The SMILES string of the molecule is CCCN1CCC[C@](C)(O)C1. The van der Waals surface area contributed by atoms with Gasteiger partial charge in [0.2, 0.25) is 0 Å². The molecule has 1 aliphatic heterocycles. The van der Waals surface area contributed by atoms with E-state index in [1.54, 1.807) is 0 Å². The second-order valence-corrected chi connectivity index (χ2v) is 3.88. The fourth-order valence-corrected chi connectivity index (χ4v) is 1.83. The van der Waals surface area contributed by atoms with Crippen LogP contribution in [0.25, 0.3) is 0 Å². The zero-order valence-electron chi connectivity index (χ0n) is 7.64. The van der Waals surface area contributed by atoms with Crippen LogP contribution in [0.5, 0.6) is 0 Å². The summed E-state index contributed by atoms with van der Waals surface area (Å²) in [6.07, 6.45) is 3.30. The predicted octanol–water partition coefficient (Wildman–Crippen LogP) is 1.24. The van der Waals surface area contributed by atoms with Crippen LogP contribution in [-0.4, -0.2) is 35.2 Å². The third-order valence-electron chi connectivity index (χ3n) is 2.29. The van der Waals surface area contributed by atoms with Crippen molar-refractivity contribution in [2.45, 2.75) is 38.7 Å². The first kappa shape index (κ1) is 9.01. The van der Waals surface area contributed by atoms with Crippen LogP contribution in [-0.2, 0) is 0 Å². The van der Waals surface area contributed by atoms with Gasteiger partial charge in [-0.05, 0) is 39.3 Å². The fourth-order valence-electron chi connectivity index (χ4n) is 1.83. The van der Waals surface area contributed by atoms with Gasteiger partial charge in [-0.25, -0.2) is 0 Å². The minimum absolute atomic E-state index is 0.423. The van der Waals surface area contributed by atoms with Crippen molar-refractivity contribution in [1.29, 1.82) is 0 Å². The first-order valence-electron chi connectivity index (χ1n) is 4.59. The van der Waals surface area contributed by atoms with Gasteiger partial charge in [-0.2, -0.15) is 0 Å². The normalized spacial score (nSPS) is 34.1. The van der Waals surface area contributed by atoms with E-state index in [4.69, 9.17) is 0 Å². The molecule has 1 fully saturated rings. The molecule has 0 saturated carbocycles. The monoisotopic (exact) mass is 157 g/mol. The maximum absolute atomic E-state index is 9.73. The van der Waals surface area contributed by atoms with Crippen molar-refractivity contribution in [1.82, 2.24) is 4.90 Å². The summed E-state index contributed by atoms with van der Waals surface area (Å²) in [6.45, 7) is 7.29. The van der Waals surface area contributed by atoms with Gasteiger partial charge in [0.25, 0.3) is 0 Å². The Labute approximate surface area is 69.2 Å². The Balaban J connectivity index is 2.34. The standard InChI is InChI=1S/C9H19NO/c1-3-6-10-7-4-5-9(2,11)8-10/h11H,3-8H2,1-2H3/t9-/m0/s1. The largest absolute Gasteiger partial charge is 0.389 e. The van der Waals surface area contributed by atoms with E-state index in [-0.39, 0.29) is 0 Å². The Hall–Kier alpha value is -0.0800. The number of likely N-dealkylation sites (tertiary alicyclic amines) is 1. The third kappa shape index (κ3) is 2.80. The molecule has 11 heavy (non-hydrogen) atoms. The molecule has 0 radical (unpaired) electrons. The van der Waals surface area contributed by atoms with Crippen molar-refractivity contribution in [3.8, 4) is 0 Å². The smallest absolute Gasteiger partial charge is 0.0746 e. The van der Waals surface area contributed by atoms with E-state index in [0.717, 1.165) is 25.9 Å². The van der Waals surface area contributed by atoms with Crippen molar-refractivity contribution in [3.63, 3.8) is 0 Å². The molecule has 0 aromatic carbocycles. The number of hydrogen-bond donors (Lipinski definition) is 1. The van der Waals surface area contributed by atoms with Crippen molar-refractivity contribution in [2.24, 2.45) is 0 Å². The Morgan fingerprint density at radius 3 is 2.82 bits per heavy atom. The van der Waals surface area contributed by atoms with Crippen molar-refractivity contribution < 1.29 is 5.11 Å². The summed E-state index contributed by atoms with van der Waals surface area (Å²) in [4.78, 5) is 2.35. The zero-order chi connectivity index (χ0) is 8.32. The molecule has 66 valence electrons.